The molecular weight excluding hydrogens is 296 g/mol. The second-order valence-electron chi connectivity index (χ2n) is 2.94. The van der Waals surface area contributed by atoms with Gasteiger partial charge in [0, 0.05) is 0 Å². The molecule has 0 bridgehead atoms. The van der Waals surface area contributed by atoms with E-state index in [-0.39, 0.29) is 0 Å². The van der Waals surface area contributed by atoms with E-state index < -0.39 is 40.8 Å². The van der Waals surface area contributed by atoms with Crippen molar-refractivity contribution >= 4 is 30.6 Å². The zero-order chi connectivity index (χ0) is 14.5. The zero-order valence-corrected chi connectivity index (χ0v) is 11.9. The molecule has 17 heavy (non-hydrogen) atoms. The van der Waals surface area contributed by atoms with E-state index in [1.165, 1.54) is 0 Å². The van der Waals surface area contributed by atoms with Crippen molar-refractivity contribution in [2.75, 3.05) is 12.3 Å². The predicted octanol–water partition coefficient (Wildman–Crippen LogP) is -1.44. The Morgan fingerprint density at radius 1 is 0.824 bits per heavy atom. The summed E-state index contributed by atoms with van der Waals surface area (Å²) in [7, 11) is -12.4. The standard InChI is InChI=1S/C3H11O9P3.CH5B/c4-13(5,6)1-3(15(10,11)12)2-14(7,8)9;1-2/h3H,1-2H2,(H2,4,5,6)(H2,7,8,9)(H2,10,11,12);2H2,1H3. The summed E-state index contributed by atoms with van der Waals surface area (Å²) in [5.41, 5.74) is -2.04. The molecule has 0 aliphatic heterocycles. The molecule has 0 saturated heterocycles. The minimum Gasteiger partial charge on any atom is -0.324 e. The van der Waals surface area contributed by atoms with Gasteiger partial charge in [0.1, 0.15) is 0 Å². The first kappa shape index (κ1) is 19.8. The lowest BCUT2D eigenvalue weighted by Gasteiger charge is -2.19. The van der Waals surface area contributed by atoms with E-state index in [0.29, 0.717) is 0 Å². The first-order chi connectivity index (χ1) is 7.31. The first-order valence-corrected chi connectivity index (χ1v) is 9.73. The molecule has 0 radical (unpaired) electrons. The summed E-state index contributed by atoms with van der Waals surface area (Å²) in [4.78, 5) is 51.1. The van der Waals surface area contributed by atoms with Crippen LogP contribution in [0, 0.1) is 0 Å². The second kappa shape index (κ2) is 7.19. The van der Waals surface area contributed by atoms with Gasteiger partial charge in [0.15, 0.2) is 0 Å². The molecule has 0 aromatic carbocycles. The van der Waals surface area contributed by atoms with Crippen LogP contribution in [-0.2, 0) is 13.7 Å². The third kappa shape index (κ3) is 12.8. The van der Waals surface area contributed by atoms with Gasteiger partial charge in [0.05, 0.1) is 25.8 Å². The zero-order valence-electron chi connectivity index (χ0n) is 9.24. The molecule has 0 heterocycles. The van der Waals surface area contributed by atoms with Gasteiger partial charge in [0.2, 0.25) is 0 Å². The van der Waals surface area contributed by atoms with E-state index in [2.05, 4.69) is 0 Å². The highest BCUT2D eigenvalue weighted by Gasteiger charge is 2.39. The van der Waals surface area contributed by atoms with Crippen LogP contribution in [0.5, 0.6) is 0 Å². The fourth-order valence-electron chi connectivity index (χ4n) is 0.820. The van der Waals surface area contributed by atoms with Crippen molar-refractivity contribution in [1.82, 2.24) is 0 Å². The molecule has 0 atom stereocenters. The molecule has 0 unspecified atom stereocenters. The fourth-order valence-corrected chi connectivity index (χ4v) is 5.36. The van der Waals surface area contributed by atoms with Gasteiger partial charge in [0.25, 0.3) is 0 Å². The normalized spacial score (nSPS) is 13.2. The lowest BCUT2D eigenvalue weighted by Crippen LogP contribution is -2.19. The molecule has 0 fully saturated rings. The van der Waals surface area contributed by atoms with Gasteiger partial charge < -0.3 is 29.4 Å². The Kier molecular flexibility index (Phi) is 8.39. The van der Waals surface area contributed by atoms with Crippen LogP contribution < -0.4 is 0 Å². The van der Waals surface area contributed by atoms with E-state index in [4.69, 9.17) is 29.4 Å². The van der Waals surface area contributed by atoms with Crippen molar-refractivity contribution in [1.29, 1.82) is 0 Å². The van der Waals surface area contributed by atoms with Gasteiger partial charge in [-0.3, -0.25) is 13.7 Å². The number of hydrogen-bond donors (Lipinski definition) is 6. The van der Waals surface area contributed by atoms with E-state index in [1.54, 1.807) is 0 Å². The van der Waals surface area contributed by atoms with Crippen molar-refractivity contribution in [2.24, 2.45) is 0 Å². The van der Waals surface area contributed by atoms with Gasteiger partial charge in [-0.2, -0.15) is 0 Å². The van der Waals surface area contributed by atoms with Crippen LogP contribution in [0.25, 0.3) is 0 Å². The molecular formula is C4H16BO9P3. The first-order valence-electron chi connectivity index (χ1n) is 4.45. The molecule has 0 aliphatic rings. The quantitative estimate of drug-likeness (QED) is 0.262. The molecule has 6 N–H and O–H groups in total. The predicted molar refractivity (Wildman–Crippen MR) is 64.1 cm³/mol. The van der Waals surface area contributed by atoms with E-state index in [9.17, 15) is 13.7 Å². The molecule has 9 nitrogen and oxygen atoms in total. The molecule has 0 saturated carbocycles. The Morgan fingerprint density at radius 2 is 1.06 bits per heavy atom. The average molecular weight is 312 g/mol. The number of rotatable bonds is 5. The molecule has 104 valence electrons. The van der Waals surface area contributed by atoms with Gasteiger partial charge in [-0.1, -0.05) is 6.82 Å². The minimum absolute atomic E-state index is 1.26. The SMILES string of the molecule is BC.O=P(O)(O)CC(CP(=O)(O)O)P(=O)(O)O. The lowest BCUT2D eigenvalue weighted by atomic mass is 10.2. The highest BCUT2D eigenvalue weighted by molar-refractivity contribution is 7.59. The molecule has 0 aliphatic carbocycles. The third-order valence-corrected chi connectivity index (χ3v) is 5.10. The molecule has 0 aromatic heterocycles. The molecule has 0 aromatic rings. The summed E-state index contributed by atoms with van der Waals surface area (Å²) >= 11 is 0. The average Bonchev–Trinajstić information content (AvgIpc) is 1.99. The Labute approximate surface area is 99.1 Å². The van der Waals surface area contributed by atoms with Crippen molar-refractivity contribution < 1.29 is 43.1 Å². The maximum Gasteiger partial charge on any atom is 0.329 e. The Hall–Kier alpha value is 0.515. The smallest absolute Gasteiger partial charge is 0.324 e. The Balaban J connectivity index is 0. The van der Waals surface area contributed by atoms with Crippen LogP contribution in [0.1, 0.15) is 0 Å². The van der Waals surface area contributed by atoms with Crippen LogP contribution in [0.15, 0.2) is 0 Å². The molecule has 0 amide bonds. The largest absolute Gasteiger partial charge is 0.329 e. The maximum absolute atomic E-state index is 10.7. The van der Waals surface area contributed by atoms with Crippen LogP contribution in [0.2, 0.25) is 6.82 Å². The summed E-state index contributed by atoms with van der Waals surface area (Å²) in [5, 5.41) is 0. The summed E-state index contributed by atoms with van der Waals surface area (Å²) in [5.74, 6) is 0. The minimum atomic E-state index is -4.95. The van der Waals surface area contributed by atoms with Crippen LogP contribution in [0.4, 0.5) is 0 Å². The second-order valence-corrected chi connectivity index (χ2v) is 8.23. The molecule has 0 rings (SSSR count). The van der Waals surface area contributed by atoms with Gasteiger partial charge in [-0.25, -0.2) is 0 Å². The van der Waals surface area contributed by atoms with E-state index in [0.717, 1.165) is 0 Å². The monoisotopic (exact) mass is 312 g/mol. The van der Waals surface area contributed by atoms with Crippen LogP contribution in [-0.4, -0.2) is 55.2 Å². The topological polar surface area (TPSA) is 173 Å². The van der Waals surface area contributed by atoms with Crippen molar-refractivity contribution in [3.63, 3.8) is 0 Å². The third-order valence-electron chi connectivity index (χ3n) is 1.37. The van der Waals surface area contributed by atoms with Crippen molar-refractivity contribution in [3.8, 4) is 0 Å². The fraction of sp³-hybridized carbons (Fsp3) is 1.00. The molecule has 13 heteroatoms. The Morgan fingerprint density at radius 3 is 1.18 bits per heavy atom. The van der Waals surface area contributed by atoms with Crippen LogP contribution in [0.3, 0.4) is 0 Å². The number of hydrogen-bond acceptors (Lipinski definition) is 3. The lowest BCUT2D eigenvalue weighted by molar-refractivity contribution is 0.340. The Bertz CT molecular complexity index is 327. The summed E-state index contributed by atoms with van der Waals surface area (Å²) in [6.07, 6.45) is -2.52. The van der Waals surface area contributed by atoms with Crippen LogP contribution >= 0.6 is 22.8 Å². The van der Waals surface area contributed by atoms with Gasteiger partial charge in [-0.05, 0) is 0 Å². The maximum atomic E-state index is 10.7. The van der Waals surface area contributed by atoms with Crippen molar-refractivity contribution in [3.05, 3.63) is 0 Å². The van der Waals surface area contributed by atoms with Crippen molar-refractivity contribution in [2.45, 2.75) is 12.5 Å². The van der Waals surface area contributed by atoms with E-state index >= 15 is 0 Å². The molecule has 0 spiro atoms. The summed E-state index contributed by atoms with van der Waals surface area (Å²) in [6, 6.07) is 0. The highest BCUT2D eigenvalue weighted by Crippen LogP contribution is 2.53. The highest BCUT2D eigenvalue weighted by atomic mass is 31.2. The summed E-state index contributed by atoms with van der Waals surface area (Å²) in [6.45, 7) is 2.00. The van der Waals surface area contributed by atoms with Gasteiger partial charge >= 0.3 is 22.8 Å². The summed E-state index contributed by atoms with van der Waals surface area (Å²) < 4.78 is 31.6. The van der Waals surface area contributed by atoms with Gasteiger partial charge in [-0.15, -0.1) is 0 Å². The van der Waals surface area contributed by atoms with E-state index in [1.807, 2.05) is 14.7 Å².